The van der Waals surface area contributed by atoms with Crippen molar-refractivity contribution in [1.82, 2.24) is 10.2 Å². The average Bonchev–Trinajstić information content (AvgIpc) is 2.10. The van der Waals surface area contributed by atoms with Crippen molar-refractivity contribution in [1.29, 1.82) is 0 Å². The number of carbonyl (C=O) groups excluding carboxylic acids is 1. The van der Waals surface area contributed by atoms with Crippen LogP contribution in [0.2, 0.25) is 0 Å². The van der Waals surface area contributed by atoms with Crippen LogP contribution in [0.4, 0.5) is 0 Å². The van der Waals surface area contributed by atoms with Crippen LogP contribution in [0, 0.1) is 0 Å². The van der Waals surface area contributed by atoms with Gasteiger partial charge in [0.2, 0.25) is 5.91 Å². The first-order valence-electron chi connectivity index (χ1n) is 4.70. The maximum Gasteiger partial charge on any atom is 0.236 e. The molecule has 0 aliphatic rings. The molecule has 2 N–H and O–H groups in total. The molecule has 4 heteroatoms. The molecule has 0 spiro atoms. The van der Waals surface area contributed by atoms with Gasteiger partial charge in [-0.15, -0.1) is 0 Å². The van der Waals surface area contributed by atoms with Gasteiger partial charge in [-0.2, -0.15) is 0 Å². The zero-order chi connectivity index (χ0) is 10.3. The minimum Gasteiger partial charge on any atom is -0.393 e. The Balaban J connectivity index is 3.37. The smallest absolute Gasteiger partial charge is 0.236 e. The van der Waals surface area contributed by atoms with Crippen LogP contribution in [0.1, 0.15) is 20.3 Å². The number of aliphatic hydroxyl groups is 1. The van der Waals surface area contributed by atoms with Crippen LogP contribution in [0.5, 0.6) is 0 Å². The van der Waals surface area contributed by atoms with Gasteiger partial charge in [-0.3, -0.25) is 4.79 Å². The van der Waals surface area contributed by atoms with E-state index >= 15 is 0 Å². The number of nitrogens with one attached hydrogen (secondary N) is 1. The largest absolute Gasteiger partial charge is 0.393 e. The molecule has 1 unspecified atom stereocenters. The van der Waals surface area contributed by atoms with Gasteiger partial charge in [-0.1, -0.05) is 0 Å². The summed E-state index contributed by atoms with van der Waals surface area (Å²) in [6.07, 6.45) is 0.384. The van der Waals surface area contributed by atoms with E-state index < -0.39 is 0 Å². The van der Waals surface area contributed by atoms with Gasteiger partial charge in [0.25, 0.3) is 0 Å². The quantitative estimate of drug-likeness (QED) is 0.569. The second kappa shape index (κ2) is 6.86. The fraction of sp³-hybridized carbons (Fsp3) is 0.889. The second-order valence-corrected chi connectivity index (χ2v) is 3.22. The van der Waals surface area contributed by atoms with Gasteiger partial charge < -0.3 is 15.3 Å². The molecule has 0 aromatic rings. The molecule has 0 saturated carbocycles. The standard InChI is InChI=1S/C9H20N2O2/c1-4-11(3)9(13)7-10-6-5-8(2)12/h8,10,12H,4-7H2,1-3H3. The van der Waals surface area contributed by atoms with Crippen LogP contribution >= 0.6 is 0 Å². The lowest BCUT2D eigenvalue weighted by molar-refractivity contribution is -0.128. The first kappa shape index (κ1) is 12.4. The van der Waals surface area contributed by atoms with Crippen LogP contribution in [0.3, 0.4) is 0 Å². The summed E-state index contributed by atoms with van der Waals surface area (Å²) in [5.74, 6) is 0.0908. The number of hydrogen-bond donors (Lipinski definition) is 2. The van der Waals surface area contributed by atoms with E-state index in [-0.39, 0.29) is 12.0 Å². The Bertz CT molecular complexity index is 149. The molecule has 78 valence electrons. The highest BCUT2D eigenvalue weighted by molar-refractivity contribution is 5.77. The Kier molecular flexibility index (Phi) is 6.54. The Morgan fingerprint density at radius 3 is 2.69 bits per heavy atom. The molecule has 1 atom stereocenters. The van der Waals surface area contributed by atoms with Crippen molar-refractivity contribution in [3.05, 3.63) is 0 Å². The van der Waals surface area contributed by atoms with Crippen molar-refractivity contribution in [2.45, 2.75) is 26.4 Å². The van der Waals surface area contributed by atoms with E-state index in [0.29, 0.717) is 19.5 Å². The van der Waals surface area contributed by atoms with E-state index in [2.05, 4.69) is 5.32 Å². The highest BCUT2D eigenvalue weighted by atomic mass is 16.3. The fourth-order valence-corrected chi connectivity index (χ4v) is 0.818. The van der Waals surface area contributed by atoms with E-state index in [1.165, 1.54) is 0 Å². The minimum absolute atomic E-state index is 0.0908. The molecular formula is C9H20N2O2. The van der Waals surface area contributed by atoms with Crippen LogP contribution < -0.4 is 5.32 Å². The normalized spacial score (nSPS) is 12.6. The van der Waals surface area contributed by atoms with Gasteiger partial charge in [0.1, 0.15) is 0 Å². The van der Waals surface area contributed by atoms with Crippen LogP contribution in [0.15, 0.2) is 0 Å². The predicted octanol–water partition coefficient (Wildman–Crippen LogP) is -0.175. The third-order valence-corrected chi connectivity index (χ3v) is 1.92. The molecular weight excluding hydrogens is 168 g/mol. The summed E-state index contributed by atoms with van der Waals surface area (Å²) in [6, 6.07) is 0. The first-order valence-corrected chi connectivity index (χ1v) is 4.70. The van der Waals surface area contributed by atoms with E-state index in [1.807, 2.05) is 6.92 Å². The molecule has 0 aliphatic carbocycles. The molecule has 4 nitrogen and oxygen atoms in total. The second-order valence-electron chi connectivity index (χ2n) is 3.22. The number of nitrogens with zero attached hydrogens (tertiary/aromatic N) is 1. The summed E-state index contributed by atoms with van der Waals surface area (Å²) in [6.45, 7) is 5.45. The molecule has 13 heavy (non-hydrogen) atoms. The third kappa shape index (κ3) is 6.54. The van der Waals surface area contributed by atoms with Crippen molar-refractivity contribution in [2.75, 3.05) is 26.7 Å². The Labute approximate surface area is 79.9 Å². The number of hydrogen-bond acceptors (Lipinski definition) is 3. The summed E-state index contributed by atoms with van der Waals surface area (Å²) in [5, 5.41) is 11.9. The lowest BCUT2D eigenvalue weighted by Gasteiger charge is -2.14. The van der Waals surface area contributed by atoms with Crippen LogP contribution in [-0.4, -0.2) is 48.7 Å². The summed E-state index contributed by atoms with van der Waals surface area (Å²) in [5.41, 5.74) is 0. The van der Waals surface area contributed by atoms with Crippen molar-refractivity contribution in [3.63, 3.8) is 0 Å². The van der Waals surface area contributed by atoms with E-state index in [4.69, 9.17) is 5.11 Å². The number of amides is 1. The first-order chi connectivity index (χ1) is 6.07. The van der Waals surface area contributed by atoms with Gasteiger partial charge in [0.15, 0.2) is 0 Å². The zero-order valence-corrected chi connectivity index (χ0v) is 8.71. The number of likely N-dealkylation sites (N-methyl/N-ethyl adjacent to an activating group) is 1. The number of carbonyl (C=O) groups is 1. The lowest BCUT2D eigenvalue weighted by atomic mass is 10.3. The highest BCUT2D eigenvalue weighted by Crippen LogP contribution is 1.86. The predicted molar refractivity (Wildman–Crippen MR) is 52.5 cm³/mol. The van der Waals surface area contributed by atoms with Crippen LogP contribution in [-0.2, 0) is 4.79 Å². The zero-order valence-electron chi connectivity index (χ0n) is 8.71. The maximum atomic E-state index is 11.2. The Hall–Kier alpha value is -0.610. The lowest BCUT2D eigenvalue weighted by Crippen LogP contribution is -2.36. The summed E-state index contributed by atoms with van der Waals surface area (Å²) in [7, 11) is 1.78. The molecule has 0 fully saturated rings. The van der Waals surface area contributed by atoms with Gasteiger partial charge in [-0.25, -0.2) is 0 Å². The molecule has 0 rings (SSSR count). The molecule has 0 aliphatic heterocycles. The van der Waals surface area contributed by atoms with Crippen LogP contribution in [0.25, 0.3) is 0 Å². The number of rotatable bonds is 6. The average molecular weight is 188 g/mol. The summed E-state index contributed by atoms with van der Waals surface area (Å²) in [4.78, 5) is 12.9. The van der Waals surface area contributed by atoms with Crippen molar-refractivity contribution in [2.24, 2.45) is 0 Å². The monoisotopic (exact) mass is 188 g/mol. The van der Waals surface area contributed by atoms with Gasteiger partial charge in [0.05, 0.1) is 12.6 Å². The van der Waals surface area contributed by atoms with Gasteiger partial charge >= 0.3 is 0 Å². The van der Waals surface area contributed by atoms with Gasteiger partial charge in [-0.05, 0) is 26.8 Å². The fourth-order valence-electron chi connectivity index (χ4n) is 0.818. The van der Waals surface area contributed by atoms with E-state index in [1.54, 1.807) is 18.9 Å². The van der Waals surface area contributed by atoms with E-state index in [0.717, 1.165) is 6.54 Å². The molecule has 0 radical (unpaired) electrons. The van der Waals surface area contributed by atoms with Crippen molar-refractivity contribution in [3.8, 4) is 0 Å². The summed E-state index contributed by atoms with van der Waals surface area (Å²) >= 11 is 0. The minimum atomic E-state index is -0.300. The maximum absolute atomic E-state index is 11.2. The van der Waals surface area contributed by atoms with Crippen molar-refractivity contribution >= 4 is 5.91 Å². The molecule has 0 aromatic carbocycles. The topological polar surface area (TPSA) is 52.6 Å². The Morgan fingerprint density at radius 1 is 1.62 bits per heavy atom. The highest BCUT2D eigenvalue weighted by Gasteiger charge is 2.04. The molecule has 0 bridgehead atoms. The number of aliphatic hydroxyl groups excluding tert-OH is 1. The summed E-state index contributed by atoms with van der Waals surface area (Å²) < 4.78 is 0. The third-order valence-electron chi connectivity index (χ3n) is 1.92. The molecule has 0 heterocycles. The van der Waals surface area contributed by atoms with Gasteiger partial charge in [0, 0.05) is 13.6 Å². The molecule has 0 aromatic heterocycles. The molecule has 0 saturated heterocycles. The van der Waals surface area contributed by atoms with E-state index in [9.17, 15) is 4.79 Å². The Morgan fingerprint density at radius 2 is 2.23 bits per heavy atom. The van der Waals surface area contributed by atoms with Crippen molar-refractivity contribution < 1.29 is 9.90 Å². The SMILES string of the molecule is CCN(C)C(=O)CNCCC(C)O. The molecule has 1 amide bonds.